The number of fused-ring (bicyclic) bond motifs is 9. The fraction of sp³-hybridized carbons (Fsp3) is 0.178. The highest BCUT2D eigenvalue weighted by Crippen LogP contribution is 2.43. The molecule has 3 unspecified atom stereocenters. The van der Waals surface area contributed by atoms with E-state index in [0.717, 1.165) is 16.9 Å². The molecule has 3 aromatic heterocycles. The number of rotatable bonds is 6. The number of aliphatic hydroxyl groups excluding tert-OH is 3. The van der Waals surface area contributed by atoms with E-state index in [1.807, 2.05) is 0 Å². The van der Waals surface area contributed by atoms with Gasteiger partial charge < -0.3 is 65.9 Å². The number of esters is 3. The Morgan fingerprint density at radius 1 is 0.697 bits per heavy atom. The van der Waals surface area contributed by atoms with Crippen LogP contribution in [0.15, 0.2) is 91.0 Å². The van der Waals surface area contributed by atoms with Crippen molar-refractivity contribution in [3.63, 3.8) is 0 Å². The minimum atomic E-state index is -2.15. The minimum Gasteiger partial charge on any atom is -0.870 e. The van der Waals surface area contributed by atoms with Crippen molar-refractivity contribution in [3.05, 3.63) is 136 Å². The number of phenols is 1. The number of nitrogens with zero attached hydrogens (tertiary/aromatic N) is 3. The summed E-state index contributed by atoms with van der Waals surface area (Å²) in [6, 6.07) is 16.9. The first-order chi connectivity index (χ1) is 31.0. The second-order valence-corrected chi connectivity index (χ2v) is 14.7. The Balaban J connectivity index is 0.000000162. The molecule has 0 bridgehead atoms. The lowest BCUT2D eigenvalue weighted by atomic mass is 9.87. The van der Waals surface area contributed by atoms with Crippen LogP contribution in [0.25, 0.3) is 43.6 Å². The van der Waals surface area contributed by atoms with Crippen LogP contribution in [0.1, 0.15) is 70.1 Å². The SMILES string of the molecule is COC(=O)c1cccc2c3c(O)ccc(CO)c3n(O)c12.COC(=O)c1cccc2c3c(n(O)c12)C(O)(C=O)C=CC3=O.COC(=O)c1cccc2c3c(n(O)c12)C(O)(CO)C=CC3O.[OH-]. The number of methoxy groups -OCH3 is 3. The summed E-state index contributed by atoms with van der Waals surface area (Å²) >= 11 is 0. The number of hydrogen-bond acceptors (Lipinski definition) is 18. The van der Waals surface area contributed by atoms with Gasteiger partial charge in [0.2, 0.25) is 0 Å². The molecule has 0 amide bonds. The molecule has 3 heterocycles. The van der Waals surface area contributed by atoms with Gasteiger partial charge in [0, 0.05) is 27.3 Å². The fourth-order valence-corrected chi connectivity index (χ4v) is 8.18. The number of phenolic OH excluding ortho intramolecular Hbond substituents is 1. The molecule has 4 aromatic carbocycles. The van der Waals surface area contributed by atoms with Crippen LogP contribution in [0.3, 0.4) is 0 Å². The van der Waals surface area contributed by atoms with Crippen LogP contribution in [-0.4, -0.2) is 124 Å². The third kappa shape index (κ3) is 7.22. The largest absolute Gasteiger partial charge is 0.870 e. The van der Waals surface area contributed by atoms with Gasteiger partial charge in [-0.05, 0) is 42.5 Å². The number of hydrogen-bond donors (Lipinski definition) is 9. The van der Waals surface area contributed by atoms with E-state index in [9.17, 15) is 70.2 Å². The van der Waals surface area contributed by atoms with Gasteiger partial charge in [-0.1, -0.05) is 48.5 Å². The normalized spacial score (nSPS) is 18.1. The predicted octanol–water partition coefficient (Wildman–Crippen LogP) is 3.09. The highest BCUT2D eigenvalue weighted by molar-refractivity contribution is 6.19. The number of allylic oxidation sites excluding steroid dienone is 1. The first-order valence-electron chi connectivity index (χ1n) is 19.2. The number of para-hydroxylation sites is 3. The summed E-state index contributed by atoms with van der Waals surface area (Å²) in [6.45, 7) is -0.991. The van der Waals surface area contributed by atoms with Crippen molar-refractivity contribution in [2.75, 3.05) is 27.9 Å². The maximum atomic E-state index is 12.1. The van der Waals surface area contributed by atoms with Crippen LogP contribution in [0.5, 0.6) is 5.75 Å². The van der Waals surface area contributed by atoms with E-state index >= 15 is 0 Å². The van der Waals surface area contributed by atoms with E-state index in [-0.39, 0.29) is 90.8 Å². The molecule has 66 heavy (non-hydrogen) atoms. The van der Waals surface area contributed by atoms with Crippen LogP contribution in [0, 0.1) is 0 Å². The van der Waals surface area contributed by atoms with E-state index in [1.54, 1.807) is 24.3 Å². The minimum absolute atomic E-state index is 0. The fourth-order valence-electron chi connectivity index (χ4n) is 8.18. The molecule has 21 heteroatoms. The number of aldehydes is 1. The summed E-state index contributed by atoms with van der Waals surface area (Å²) in [5.41, 5.74) is -2.83. The highest BCUT2D eigenvalue weighted by atomic mass is 16.5. The molecule has 0 saturated heterocycles. The van der Waals surface area contributed by atoms with Crippen molar-refractivity contribution < 1.29 is 89.9 Å². The zero-order valence-corrected chi connectivity index (χ0v) is 34.8. The van der Waals surface area contributed by atoms with Gasteiger partial charge in [-0.25, -0.2) is 14.4 Å². The molecular weight excluding hydrogens is 870 g/mol. The van der Waals surface area contributed by atoms with Crippen molar-refractivity contribution in [3.8, 4) is 5.75 Å². The Morgan fingerprint density at radius 3 is 1.71 bits per heavy atom. The molecule has 0 fully saturated rings. The van der Waals surface area contributed by atoms with Crippen LogP contribution in [-0.2, 0) is 36.8 Å². The summed E-state index contributed by atoms with van der Waals surface area (Å²) in [5.74, 6) is -2.50. The van der Waals surface area contributed by atoms with Crippen molar-refractivity contribution in [2.45, 2.75) is 23.9 Å². The van der Waals surface area contributed by atoms with Crippen molar-refractivity contribution >= 4 is 73.6 Å². The standard InChI is InChI=1S/C15H15NO6.C15H11NO6.C15H13NO5.H2O/c2*1-22-14(19)9-4-2-3-8-11-10(18)5-6-15(20,7-17)13(11)16(21)12(8)9;1-21-15(19)10-4-2-3-9-12-11(18)6-5-8(7-17)13(12)16(20)14(9)10;/h2-6,10,17-18,20-21H,7H2,1H3;2-7,20-21H,1H3;2-6,17-18,20H,7H2,1H3;1H2/p-1. The molecule has 9 rings (SSSR count). The Bertz CT molecular complexity index is 3190. The van der Waals surface area contributed by atoms with Gasteiger partial charge in [-0.2, -0.15) is 14.2 Å². The third-order valence-electron chi connectivity index (χ3n) is 11.1. The Kier molecular flexibility index (Phi) is 12.8. The number of carbonyl (C=O) groups is 5. The smallest absolute Gasteiger partial charge is 0.340 e. The van der Waals surface area contributed by atoms with Crippen LogP contribution in [0.4, 0.5) is 0 Å². The number of aromatic nitrogens is 3. The van der Waals surface area contributed by atoms with Gasteiger partial charge in [0.15, 0.2) is 17.7 Å². The van der Waals surface area contributed by atoms with Gasteiger partial charge in [0.1, 0.15) is 39.3 Å². The molecule has 10 N–H and O–H groups in total. The second kappa shape index (κ2) is 17.8. The molecular formula is C45H40N3O18-. The van der Waals surface area contributed by atoms with E-state index in [1.165, 1.54) is 75.9 Å². The van der Waals surface area contributed by atoms with Crippen LogP contribution in [0.2, 0.25) is 0 Å². The van der Waals surface area contributed by atoms with Gasteiger partial charge in [0.25, 0.3) is 0 Å². The first kappa shape index (κ1) is 47.4. The summed E-state index contributed by atoms with van der Waals surface area (Å²) in [6.07, 6.45) is 3.71. The summed E-state index contributed by atoms with van der Waals surface area (Å²) < 4.78 is 16.0. The molecule has 7 aromatic rings. The average Bonchev–Trinajstić information content (AvgIpc) is 3.94. The lowest BCUT2D eigenvalue weighted by Crippen LogP contribution is -2.34. The summed E-state index contributed by atoms with van der Waals surface area (Å²) in [7, 11) is 3.65. The molecule has 0 spiro atoms. The Labute approximate surface area is 370 Å². The maximum absolute atomic E-state index is 12.1. The Hall–Kier alpha value is -8.05. The molecule has 3 atom stereocenters. The van der Waals surface area contributed by atoms with Crippen molar-refractivity contribution in [1.29, 1.82) is 0 Å². The molecule has 21 nitrogen and oxygen atoms in total. The number of aromatic hydroxyl groups is 1. The van der Waals surface area contributed by atoms with Crippen molar-refractivity contribution in [1.82, 2.24) is 14.2 Å². The van der Waals surface area contributed by atoms with Crippen LogP contribution < -0.4 is 0 Å². The zero-order chi connectivity index (χ0) is 47.3. The number of ether oxygens (including phenoxy) is 3. The van der Waals surface area contributed by atoms with E-state index in [4.69, 9.17) is 4.74 Å². The lowest BCUT2D eigenvalue weighted by Gasteiger charge is -2.28. The third-order valence-corrected chi connectivity index (χ3v) is 11.1. The van der Waals surface area contributed by atoms with Gasteiger partial charge in [0.05, 0.1) is 73.8 Å². The van der Waals surface area contributed by atoms with Gasteiger partial charge in [-0.3, -0.25) is 9.59 Å². The number of benzene rings is 4. The second-order valence-electron chi connectivity index (χ2n) is 14.7. The lowest BCUT2D eigenvalue weighted by molar-refractivity contribution is -0.121. The van der Waals surface area contributed by atoms with E-state index in [0.29, 0.717) is 31.2 Å². The zero-order valence-electron chi connectivity index (χ0n) is 34.8. The monoisotopic (exact) mass is 910 g/mol. The van der Waals surface area contributed by atoms with Crippen molar-refractivity contribution in [2.24, 2.45) is 0 Å². The first-order valence-corrected chi connectivity index (χ1v) is 19.2. The highest BCUT2D eigenvalue weighted by Gasteiger charge is 2.42. The molecule has 344 valence electrons. The molecule has 0 saturated carbocycles. The molecule has 2 aliphatic carbocycles. The predicted molar refractivity (Wildman–Crippen MR) is 227 cm³/mol. The van der Waals surface area contributed by atoms with Gasteiger partial charge >= 0.3 is 17.9 Å². The topological polar surface area (TPSA) is 340 Å². The van der Waals surface area contributed by atoms with E-state index < -0.39 is 47.6 Å². The van der Waals surface area contributed by atoms with E-state index in [2.05, 4.69) is 9.47 Å². The average molecular weight is 911 g/mol. The number of ketones is 1. The maximum Gasteiger partial charge on any atom is 0.340 e. The quantitative estimate of drug-likeness (QED) is 0.0380. The Morgan fingerprint density at radius 2 is 1.20 bits per heavy atom. The summed E-state index contributed by atoms with van der Waals surface area (Å²) in [4.78, 5) is 58.9. The molecule has 0 radical (unpaired) electrons. The van der Waals surface area contributed by atoms with Gasteiger partial charge in [-0.15, -0.1) is 0 Å². The molecule has 0 aliphatic heterocycles. The van der Waals surface area contributed by atoms with Crippen LogP contribution >= 0.6 is 0 Å². The molecule has 2 aliphatic rings. The number of aliphatic hydroxyl groups is 5. The summed E-state index contributed by atoms with van der Waals surface area (Å²) in [5, 5.41) is 92.6. The number of carbonyl (C=O) groups excluding carboxylic acids is 5.